The Balaban J connectivity index is 1.64. The lowest BCUT2D eigenvalue weighted by Gasteiger charge is -2.30. The number of aromatic amines is 2. The SMILES string of the molecule is CCCc1occc1C(=O)N1CCC(c2n[nH]c(=O)[nH]2)CC1. The average molecular weight is 304 g/mol. The van der Waals surface area contributed by atoms with Crippen molar-refractivity contribution in [1.82, 2.24) is 20.1 Å². The van der Waals surface area contributed by atoms with Crippen LogP contribution in [0.5, 0.6) is 0 Å². The van der Waals surface area contributed by atoms with E-state index in [-0.39, 0.29) is 17.5 Å². The van der Waals surface area contributed by atoms with Gasteiger partial charge in [0, 0.05) is 25.4 Å². The Kier molecular flexibility index (Phi) is 4.13. The Morgan fingerprint density at radius 2 is 2.23 bits per heavy atom. The minimum Gasteiger partial charge on any atom is -0.469 e. The summed E-state index contributed by atoms with van der Waals surface area (Å²) in [5.41, 5.74) is 0.393. The van der Waals surface area contributed by atoms with Crippen LogP contribution in [0.25, 0.3) is 0 Å². The smallest absolute Gasteiger partial charge is 0.340 e. The van der Waals surface area contributed by atoms with Crippen LogP contribution in [-0.4, -0.2) is 39.1 Å². The van der Waals surface area contributed by atoms with E-state index in [1.807, 2.05) is 4.90 Å². The van der Waals surface area contributed by atoms with Crippen LogP contribution in [0.4, 0.5) is 0 Å². The van der Waals surface area contributed by atoms with Crippen molar-refractivity contribution in [2.45, 2.75) is 38.5 Å². The summed E-state index contributed by atoms with van der Waals surface area (Å²) in [7, 11) is 0. The molecule has 2 aromatic rings. The minimum absolute atomic E-state index is 0.0335. The van der Waals surface area contributed by atoms with Crippen molar-refractivity contribution < 1.29 is 9.21 Å². The predicted octanol–water partition coefficient (Wildman–Crippen LogP) is 1.66. The second-order valence-electron chi connectivity index (χ2n) is 5.64. The number of furan rings is 1. The van der Waals surface area contributed by atoms with Gasteiger partial charge in [0.05, 0.1) is 11.8 Å². The largest absolute Gasteiger partial charge is 0.469 e. The first-order valence-corrected chi connectivity index (χ1v) is 7.69. The number of nitrogens with zero attached hydrogens (tertiary/aromatic N) is 2. The van der Waals surface area contributed by atoms with E-state index in [9.17, 15) is 9.59 Å². The molecule has 2 N–H and O–H groups in total. The third-order valence-electron chi connectivity index (χ3n) is 4.14. The predicted molar refractivity (Wildman–Crippen MR) is 79.8 cm³/mol. The molecule has 7 heteroatoms. The number of hydrogen-bond donors (Lipinski definition) is 2. The third-order valence-corrected chi connectivity index (χ3v) is 4.14. The maximum Gasteiger partial charge on any atom is 0.340 e. The molecule has 0 aliphatic carbocycles. The van der Waals surface area contributed by atoms with Crippen LogP contribution in [0.3, 0.4) is 0 Å². The highest BCUT2D eigenvalue weighted by molar-refractivity contribution is 5.95. The van der Waals surface area contributed by atoms with E-state index >= 15 is 0 Å². The van der Waals surface area contributed by atoms with E-state index in [2.05, 4.69) is 22.1 Å². The Hall–Kier alpha value is -2.31. The maximum atomic E-state index is 12.6. The molecule has 3 rings (SSSR count). The van der Waals surface area contributed by atoms with Crippen LogP contribution in [0, 0.1) is 0 Å². The Labute approximate surface area is 127 Å². The Morgan fingerprint density at radius 3 is 2.86 bits per heavy atom. The summed E-state index contributed by atoms with van der Waals surface area (Å²) in [5, 5.41) is 6.38. The van der Waals surface area contributed by atoms with Crippen molar-refractivity contribution in [1.29, 1.82) is 0 Å². The summed E-state index contributed by atoms with van der Waals surface area (Å²) in [5.74, 6) is 1.69. The molecule has 2 aromatic heterocycles. The second kappa shape index (κ2) is 6.21. The molecule has 0 saturated carbocycles. The van der Waals surface area contributed by atoms with Gasteiger partial charge in [-0.05, 0) is 25.3 Å². The number of likely N-dealkylation sites (tertiary alicyclic amines) is 1. The number of hydrogen-bond acceptors (Lipinski definition) is 4. The molecule has 0 unspecified atom stereocenters. The zero-order valence-corrected chi connectivity index (χ0v) is 12.6. The molecule has 0 aromatic carbocycles. The molecule has 0 spiro atoms. The fourth-order valence-corrected chi connectivity index (χ4v) is 2.95. The van der Waals surface area contributed by atoms with Gasteiger partial charge in [0.2, 0.25) is 0 Å². The van der Waals surface area contributed by atoms with Crippen molar-refractivity contribution >= 4 is 5.91 Å². The van der Waals surface area contributed by atoms with Crippen LogP contribution in [0.15, 0.2) is 21.5 Å². The zero-order valence-electron chi connectivity index (χ0n) is 12.6. The lowest BCUT2D eigenvalue weighted by Crippen LogP contribution is -2.38. The van der Waals surface area contributed by atoms with Gasteiger partial charge in [-0.25, -0.2) is 9.89 Å². The molecule has 1 aliphatic rings. The van der Waals surface area contributed by atoms with Gasteiger partial charge < -0.3 is 9.32 Å². The molecule has 0 atom stereocenters. The molecule has 7 nitrogen and oxygen atoms in total. The van der Waals surface area contributed by atoms with Crippen LogP contribution in [0.2, 0.25) is 0 Å². The maximum absolute atomic E-state index is 12.6. The summed E-state index contributed by atoms with van der Waals surface area (Å²) >= 11 is 0. The first kappa shape index (κ1) is 14.6. The summed E-state index contributed by atoms with van der Waals surface area (Å²) in [6.45, 7) is 3.39. The van der Waals surface area contributed by atoms with E-state index in [1.54, 1.807) is 12.3 Å². The number of rotatable bonds is 4. The van der Waals surface area contributed by atoms with Crippen molar-refractivity contribution in [3.8, 4) is 0 Å². The van der Waals surface area contributed by atoms with E-state index < -0.39 is 0 Å². The number of aromatic nitrogens is 3. The molecule has 22 heavy (non-hydrogen) atoms. The lowest BCUT2D eigenvalue weighted by molar-refractivity contribution is 0.0709. The molecule has 3 heterocycles. The summed E-state index contributed by atoms with van der Waals surface area (Å²) in [6.07, 6.45) is 4.90. The molecule has 118 valence electrons. The van der Waals surface area contributed by atoms with Crippen molar-refractivity contribution in [3.05, 3.63) is 40.0 Å². The van der Waals surface area contributed by atoms with Crippen molar-refractivity contribution in [2.75, 3.05) is 13.1 Å². The number of carbonyl (C=O) groups excluding carboxylic acids is 1. The fourth-order valence-electron chi connectivity index (χ4n) is 2.95. The molecular weight excluding hydrogens is 284 g/mol. The highest BCUT2D eigenvalue weighted by atomic mass is 16.3. The van der Waals surface area contributed by atoms with E-state index in [0.29, 0.717) is 24.5 Å². The monoisotopic (exact) mass is 304 g/mol. The molecule has 1 amide bonds. The number of amides is 1. The van der Waals surface area contributed by atoms with Gasteiger partial charge in [0.15, 0.2) is 0 Å². The first-order chi connectivity index (χ1) is 10.7. The van der Waals surface area contributed by atoms with E-state index in [4.69, 9.17) is 4.42 Å². The molecule has 1 saturated heterocycles. The number of H-pyrrole nitrogens is 2. The normalized spacial score (nSPS) is 16.1. The number of carbonyl (C=O) groups is 1. The van der Waals surface area contributed by atoms with Gasteiger partial charge in [0.25, 0.3) is 5.91 Å². The van der Waals surface area contributed by atoms with Gasteiger partial charge in [-0.1, -0.05) is 6.92 Å². The van der Waals surface area contributed by atoms with Crippen LogP contribution in [-0.2, 0) is 6.42 Å². The minimum atomic E-state index is -0.281. The van der Waals surface area contributed by atoms with E-state index in [1.165, 1.54) is 0 Å². The topological polar surface area (TPSA) is 95.0 Å². The van der Waals surface area contributed by atoms with Gasteiger partial charge in [-0.2, -0.15) is 5.10 Å². The van der Waals surface area contributed by atoms with Gasteiger partial charge in [-0.3, -0.25) is 9.78 Å². The van der Waals surface area contributed by atoms with Crippen LogP contribution >= 0.6 is 0 Å². The molecule has 0 radical (unpaired) electrons. The van der Waals surface area contributed by atoms with Crippen LogP contribution in [0.1, 0.15) is 54.0 Å². The summed E-state index contributed by atoms with van der Waals surface area (Å²) in [6, 6.07) is 1.75. The Bertz CT molecular complexity index is 691. The van der Waals surface area contributed by atoms with Gasteiger partial charge >= 0.3 is 5.69 Å². The van der Waals surface area contributed by atoms with Crippen molar-refractivity contribution in [3.63, 3.8) is 0 Å². The fraction of sp³-hybridized carbons (Fsp3) is 0.533. The quantitative estimate of drug-likeness (QED) is 0.898. The second-order valence-corrected chi connectivity index (χ2v) is 5.64. The van der Waals surface area contributed by atoms with Gasteiger partial charge in [0.1, 0.15) is 11.6 Å². The Morgan fingerprint density at radius 1 is 1.45 bits per heavy atom. The standard InChI is InChI=1S/C15H20N4O3/c1-2-3-12-11(6-9-22-12)14(20)19-7-4-10(5-8-19)13-16-15(21)18-17-13/h6,9-10H,2-5,7-8H2,1H3,(H2,16,17,18,21). The first-order valence-electron chi connectivity index (χ1n) is 7.69. The average Bonchev–Trinajstić information content (AvgIpc) is 3.16. The number of aryl methyl sites for hydroxylation is 1. The highest BCUT2D eigenvalue weighted by Crippen LogP contribution is 2.26. The number of piperidine rings is 1. The highest BCUT2D eigenvalue weighted by Gasteiger charge is 2.27. The van der Waals surface area contributed by atoms with Gasteiger partial charge in [-0.15, -0.1) is 0 Å². The number of nitrogens with one attached hydrogen (secondary N) is 2. The summed E-state index contributed by atoms with van der Waals surface area (Å²) in [4.78, 5) is 28.3. The zero-order chi connectivity index (χ0) is 15.5. The van der Waals surface area contributed by atoms with Crippen LogP contribution < -0.4 is 5.69 Å². The van der Waals surface area contributed by atoms with Crippen molar-refractivity contribution in [2.24, 2.45) is 0 Å². The lowest BCUT2D eigenvalue weighted by atomic mass is 9.95. The molecular formula is C15H20N4O3. The van der Waals surface area contributed by atoms with E-state index in [0.717, 1.165) is 31.4 Å². The molecule has 1 aliphatic heterocycles. The summed E-state index contributed by atoms with van der Waals surface area (Å²) < 4.78 is 5.41. The molecule has 0 bridgehead atoms. The third kappa shape index (κ3) is 2.84. The molecule has 1 fully saturated rings.